The van der Waals surface area contributed by atoms with Crippen molar-refractivity contribution in [2.45, 2.75) is 26.2 Å². The van der Waals surface area contributed by atoms with Crippen molar-refractivity contribution < 1.29 is 19.4 Å². The van der Waals surface area contributed by atoms with Gasteiger partial charge in [0.05, 0.1) is 11.1 Å². The summed E-state index contributed by atoms with van der Waals surface area (Å²) >= 11 is 3.43. The number of para-hydroxylation sites is 2. The molecule has 0 bridgehead atoms. The molecule has 4 rings (SSSR count). The molecule has 3 aromatic rings. The fraction of sp³-hybridized carbons (Fsp3) is 0.154. The number of carbonyl (C=O) groups excluding carboxylic acids is 1. The van der Waals surface area contributed by atoms with Gasteiger partial charge in [-0.25, -0.2) is 0 Å². The number of phenolic OH excluding ortho intramolecular Hbond substituents is 1. The Kier molecular flexibility index (Phi) is 6.79. The van der Waals surface area contributed by atoms with Crippen molar-refractivity contribution in [2.24, 2.45) is 5.10 Å². The van der Waals surface area contributed by atoms with Gasteiger partial charge < -0.3 is 14.6 Å². The number of aromatic hydroxyl groups is 1. The minimum Gasteiger partial charge on any atom is -0.507 e. The molecule has 33 heavy (non-hydrogen) atoms. The van der Waals surface area contributed by atoms with E-state index in [-0.39, 0.29) is 17.6 Å². The Morgan fingerprint density at radius 1 is 1.18 bits per heavy atom. The zero-order valence-electron chi connectivity index (χ0n) is 18.1. The van der Waals surface area contributed by atoms with Gasteiger partial charge in [0.1, 0.15) is 18.1 Å². The minimum absolute atomic E-state index is 0.0601. The number of carbonyl (C=O) groups is 1. The third-order valence-corrected chi connectivity index (χ3v) is 5.70. The second-order valence-corrected chi connectivity index (χ2v) is 8.41. The standard InChI is InChI=1S/C26H23BrN2O4/c1-3-7-19-8-6-10-22(24(19)31)26-29(17(2)30)28-25(33-26)21-9-4-5-11-23(21)32-16-18-12-14-20(27)15-13-18/h3-6,8-15,26,31H,1,7,16H2,2H3/t26-/m1/s1. The molecule has 0 spiro atoms. The highest BCUT2D eigenvalue weighted by atomic mass is 79.9. The van der Waals surface area contributed by atoms with Crippen LogP contribution in [-0.2, 0) is 22.6 Å². The van der Waals surface area contributed by atoms with Crippen LogP contribution in [0.4, 0.5) is 0 Å². The van der Waals surface area contributed by atoms with Crippen LogP contribution in [0, 0.1) is 0 Å². The number of amides is 1. The Morgan fingerprint density at radius 2 is 1.94 bits per heavy atom. The van der Waals surface area contributed by atoms with Gasteiger partial charge in [-0.05, 0) is 47.9 Å². The quantitative estimate of drug-likeness (QED) is 0.417. The summed E-state index contributed by atoms with van der Waals surface area (Å²) in [7, 11) is 0. The van der Waals surface area contributed by atoms with E-state index in [9.17, 15) is 9.90 Å². The van der Waals surface area contributed by atoms with Crippen molar-refractivity contribution in [3.63, 3.8) is 0 Å². The van der Waals surface area contributed by atoms with Gasteiger partial charge in [-0.1, -0.05) is 58.4 Å². The summed E-state index contributed by atoms with van der Waals surface area (Å²) in [5.41, 5.74) is 2.78. The highest BCUT2D eigenvalue weighted by Crippen LogP contribution is 2.38. The lowest BCUT2D eigenvalue weighted by Gasteiger charge is -2.21. The monoisotopic (exact) mass is 506 g/mol. The van der Waals surface area contributed by atoms with Gasteiger partial charge >= 0.3 is 0 Å². The molecule has 1 amide bonds. The molecule has 1 N–H and O–H groups in total. The topological polar surface area (TPSA) is 71.4 Å². The second kappa shape index (κ2) is 9.92. The van der Waals surface area contributed by atoms with E-state index in [2.05, 4.69) is 27.6 Å². The van der Waals surface area contributed by atoms with Crippen molar-refractivity contribution in [3.05, 3.63) is 106 Å². The zero-order valence-corrected chi connectivity index (χ0v) is 19.7. The van der Waals surface area contributed by atoms with Gasteiger partial charge in [-0.15, -0.1) is 11.7 Å². The first-order chi connectivity index (χ1) is 16.0. The predicted molar refractivity (Wildman–Crippen MR) is 130 cm³/mol. The average molecular weight is 507 g/mol. The Morgan fingerprint density at radius 3 is 2.67 bits per heavy atom. The van der Waals surface area contributed by atoms with E-state index in [0.29, 0.717) is 35.5 Å². The maximum atomic E-state index is 12.4. The fourth-order valence-corrected chi connectivity index (χ4v) is 3.78. The molecule has 0 unspecified atom stereocenters. The summed E-state index contributed by atoms with van der Waals surface area (Å²) in [6.07, 6.45) is 1.31. The molecule has 0 aromatic heterocycles. The zero-order chi connectivity index (χ0) is 23.4. The maximum Gasteiger partial charge on any atom is 0.244 e. The third-order valence-electron chi connectivity index (χ3n) is 5.17. The number of rotatable bonds is 7. The van der Waals surface area contributed by atoms with E-state index in [4.69, 9.17) is 9.47 Å². The SMILES string of the molecule is C=CCc1cccc([C@H]2OC(c3ccccc3OCc3ccc(Br)cc3)=NN2C(C)=O)c1O. The number of hydrazone groups is 1. The van der Waals surface area contributed by atoms with Crippen molar-refractivity contribution in [3.8, 4) is 11.5 Å². The lowest BCUT2D eigenvalue weighted by Crippen LogP contribution is -2.25. The fourth-order valence-electron chi connectivity index (χ4n) is 3.52. The summed E-state index contributed by atoms with van der Waals surface area (Å²) in [4.78, 5) is 12.4. The molecule has 168 valence electrons. The van der Waals surface area contributed by atoms with Gasteiger partial charge in [-0.3, -0.25) is 4.79 Å². The number of benzene rings is 3. The number of allylic oxidation sites excluding steroid dienone is 1. The minimum atomic E-state index is -0.887. The summed E-state index contributed by atoms with van der Waals surface area (Å²) < 4.78 is 13.2. The van der Waals surface area contributed by atoms with Crippen molar-refractivity contribution in [1.29, 1.82) is 0 Å². The number of ether oxygens (including phenoxy) is 2. The number of halogens is 1. The van der Waals surface area contributed by atoms with Crippen LogP contribution in [-0.4, -0.2) is 21.9 Å². The normalized spacial score (nSPS) is 15.0. The molecule has 7 heteroatoms. The summed E-state index contributed by atoms with van der Waals surface area (Å²) in [6.45, 7) is 5.50. The molecule has 6 nitrogen and oxygen atoms in total. The van der Waals surface area contributed by atoms with E-state index in [0.717, 1.165) is 10.0 Å². The summed E-state index contributed by atoms with van der Waals surface area (Å²) in [5, 5.41) is 16.4. The Bertz CT molecular complexity index is 1210. The molecular weight excluding hydrogens is 484 g/mol. The first kappa shape index (κ1) is 22.6. The Hall–Kier alpha value is -3.58. The first-order valence-electron chi connectivity index (χ1n) is 10.4. The molecular formula is C26H23BrN2O4. The van der Waals surface area contributed by atoms with Gasteiger partial charge in [0.2, 0.25) is 18.0 Å². The molecule has 0 saturated heterocycles. The molecule has 0 fully saturated rings. The van der Waals surface area contributed by atoms with Crippen molar-refractivity contribution in [1.82, 2.24) is 5.01 Å². The smallest absolute Gasteiger partial charge is 0.244 e. The van der Waals surface area contributed by atoms with E-state index < -0.39 is 6.23 Å². The summed E-state index contributed by atoms with van der Waals surface area (Å²) in [5.74, 6) is 0.574. The number of hydrogen-bond acceptors (Lipinski definition) is 5. The van der Waals surface area contributed by atoms with Crippen LogP contribution in [0.15, 0.2) is 89.0 Å². The molecule has 1 atom stereocenters. The molecule has 1 aliphatic rings. The third kappa shape index (κ3) is 4.93. The number of hydrogen-bond donors (Lipinski definition) is 1. The van der Waals surface area contributed by atoms with E-state index in [1.807, 2.05) is 54.6 Å². The lowest BCUT2D eigenvalue weighted by molar-refractivity contribution is -0.135. The molecule has 1 aliphatic heterocycles. The van der Waals surface area contributed by atoms with Gasteiger partial charge in [0.15, 0.2) is 0 Å². The highest BCUT2D eigenvalue weighted by Gasteiger charge is 2.36. The molecule has 0 radical (unpaired) electrons. The van der Waals surface area contributed by atoms with Crippen LogP contribution >= 0.6 is 15.9 Å². The van der Waals surface area contributed by atoms with Gasteiger partial charge in [0, 0.05) is 11.4 Å². The van der Waals surface area contributed by atoms with Crippen LogP contribution in [0.5, 0.6) is 11.5 Å². The first-order valence-corrected chi connectivity index (χ1v) is 11.2. The van der Waals surface area contributed by atoms with Gasteiger partial charge in [0.25, 0.3) is 0 Å². The summed E-state index contributed by atoms with van der Waals surface area (Å²) in [6, 6.07) is 20.6. The number of nitrogens with zero attached hydrogens (tertiary/aromatic N) is 2. The lowest BCUT2D eigenvalue weighted by atomic mass is 10.0. The largest absolute Gasteiger partial charge is 0.507 e. The Balaban J connectivity index is 1.62. The van der Waals surface area contributed by atoms with Crippen LogP contribution in [0.2, 0.25) is 0 Å². The maximum absolute atomic E-state index is 12.4. The van der Waals surface area contributed by atoms with Crippen LogP contribution in [0.3, 0.4) is 0 Å². The number of phenols is 1. The van der Waals surface area contributed by atoms with Crippen LogP contribution in [0.25, 0.3) is 0 Å². The molecule has 3 aromatic carbocycles. The Labute approximate surface area is 200 Å². The van der Waals surface area contributed by atoms with Crippen molar-refractivity contribution in [2.75, 3.05) is 0 Å². The van der Waals surface area contributed by atoms with Crippen LogP contribution in [0.1, 0.15) is 35.4 Å². The second-order valence-electron chi connectivity index (χ2n) is 7.50. The van der Waals surface area contributed by atoms with Crippen LogP contribution < -0.4 is 4.74 Å². The molecule has 1 heterocycles. The van der Waals surface area contributed by atoms with E-state index in [1.54, 1.807) is 18.2 Å². The van der Waals surface area contributed by atoms with Gasteiger partial charge in [-0.2, -0.15) is 5.01 Å². The molecule has 0 saturated carbocycles. The average Bonchev–Trinajstić information content (AvgIpc) is 3.26. The highest BCUT2D eigenvalue weighted by molar-refractivity contribution is 9.10. The van der Waals surface area contributed by atoms with E-state index in [1.165, 1.54) is 11.9 Å². The predicted octanol–water partition coefficient (Wildman–Crippen LogP) is 5.70. The molecule has 0 aliphatic carbocycles. The van der Waals surface area contributed by atoms with Crippen molar-refractivity contribution >= 4 is 27.7 Å². The van der Waals surface area contributed by atoms with E-state index >= 15 is 0 Å².